The van der Waals surface area contributed by atoms with Gasteiger partial charge in [0.2, 0.25) is 0 Å². The number of hydrogen-bond donors (Lipinski definition) is 0. The van der Waals surface area contributed by atoms with E-state index in [9.17, 15) is 9.59 Å². The van der Waals surface area contributed by atoms with Crippen molar-refractivity contribution >= 4 is 11.9 Å². The van der Waals surface area contributed by atoms with Gasteiger partial charge < -0.3 is 6.16 Å². The monoisotopic (exact) mass is 188 g/mol. The second-order valence-corrected chi connectivity index (χ2v) is 2.25. The molecule has 0 bridgehead atoms. The summed E-state index contributed by atoms with van der Waals surface area (Å²) in [7, 11) is 0. The summed E-state index contributed by atoms with van der Waals surface area (Å²) in [5.41, 5.74) is 0.382. The van der Waals surface area contributed by atoms with Gasteiger partial charge >= 0.3 is 41.5 Å². The van der Waals surface area contributed by atoms with Gasteiger partial charge in [-0.25, -0.2) is 4.79 Å². The van der Waals surface area contributed by atoms with Crippen LogP contribution in [0.4, 0.5) is 0 Å². The summed E-state index contributed by atoms with van der Waals surface area (Å²) in [5.74, 6) is -1.20. The van der Waals surface area contributed by atoms with E-state index in [0.717, 1.165) is 0 Å². The van der Waals surface area contributed by atoms with Crippen LogP contribution in [-0.4, -0.2) is 11.9 Å². The third-order valence-electron chi connectivity index (χ3n) is 1.25. The molecule has 3 nitrogen and oxygen atoms in total. The van der Waals surface area contributed by atoms with Crippen molar-refractivity contribution in [1.29, 1.82) is 0 Å². The molecule has 0 aliphatic carbocycles. The summed E-state index contributed by atoms with van der Waals surface area (Å²) in [4.78, 5) is 21.4. The molecule has 0 saturated heterocycles. The maximum Gasteiger partial charge on any atom is 1.00 e. The Balaban J connectivity index is 0. The fraction of sp³-hybridized carbons (Fsp3) is 0.111. The molecule has 0 amide bonds. The molecule has 0 spiro atoms. The zero-order chi connectivity index (χ0) is 8.97. The molecule has 0 aliphatic rings. The minimum Gasteiger partial charge on any atom is -1.00 e. The number of hydrogen-bond acceptors (Lipinski definition) is 3. The normalized spacial score (nSPS) is 8.38. The molecule has 0 N–H and O–H groups in total. The second kappa shape index (κ2) is 5.91. The van der Waals surface area contributed by atoms with Crippen molar-refractivity contribution in [1.82, 2.24) is 0 Å². The van der Waals surface area contributed by atoms with Gasteiger partial charge in [0.25, 0.3) is 0 Å². The van der Waals surface area contributed by atoms with Crippen LogP contribution in [0.5, 0.6) is 0 Å². The zero-order valence-electron chi connectivity index (χ0n) is 8.61. The number of rotatable bonds is 1. The first kappa shape index (κ1) is 12.4. The van der Waals surface area contributed by atoms with Gasteiger partial charge in [0.05, 0.1) is 5.56 Å². The fourth-order valence-corrected chi connectivity index (χ4v) is 0.764. The molecule has 0 radical (unpaired) electrons. The summed E-state index contributed by atoms with van der Waals surface area (Å²) in [6.45, 7) is 1.20. The molecular weight excluding hydrogens is 179 g/mol. The Kier molecular flexibility index (Phi) is 5.62. The Hall–Kier alpha value is -0.640. The van der Waals surface area contributed by atoms with Crippen molar-refractivity contribution in [2.75, 3.05) is 0 Å². The van der Waals surface area contributed by atoms with E-state index in [1.54, 1.807) is 30.3 Å². The van der Waals surface area contributed by atoms with Gasteiger partial charge in [-0.1, -0.05) is 18.2 Å². The van der Waals surface area contributed by atoms with Gasteiger partial charge in [-0.15, -0.1) is 0 Å². The van der Waals surface area contributed by atoms with E-state index in [2.05, 4.69) is 4.74 Å². The third-order valence-corrected chi connectivity index (χ3v) is 1.25. The maximum atomic E-state index is 11.0. The van der Waals surface area contributed by atoms with Gasteiger partial charge in [0.1, 0.15) is 0 Å². The first-order chi connectivity index (χ1) is 5.70. The van der Waals surface area contributed by atoms with Gasteiger partial charge in [0, 0.05) is 6.92 Å². The Morgan fingerprint density at radius 2 is 1.77 bits per heavy atom. The molecule has 0 aliphatic heterocycles. The Morgan fingerprint density at radius 3 is 2.23 bits per heavy atom. The van der Waals surface area contributed by atoms with Crippen molar-refractivity contribution in [2.45, 2.75) is 6.92 Å². The van der Waals surface area contributed by atoms with Crippen LogP contribution in [0.15, 0.2) is 30.3 Å². The third kappa shape index (κ3) is 4.22. The van der Waals surface area contributed by atoms with Crippen molar-refractivity contribution in [2.24, 2.45) is 0 Å². The van der Waals surface area contributed by atoms with Crippen molar-refractivity contribution < 1.29 is 45.3 Å². The minimum atomic E-state index is -0.608. The minimum absolute atomic E-state index is 0. The molecule has 1 aromatic rings. The largest absolute Gasteiger partial charge is 1.00 e. The number of benzene rings is 1. The molecule has 0 aromatic heterocycles. The Morgan fingerprint density at radius 1 is 1.23 bits per heavy atom. The van der Waals surface area contributed by atoms with Crippen LogP contribution in [0.25, 0.3) is 0 Å². The number of ether oxygens (including phenoxy) is 1. The topological polar surface area (TPSA) is 43.4 Å². The number of esters is 2. The van der Waals surface area contributed by atoms with E-state index in [1.807, 2.05) is 0 Å². The summed E-state index contributed by atoms with van der Waals surface area (Å²) in [6, 6.07) is 8.37. The van der Waals surface area contributed by atoms with Crippen LogP contribution in [0.3, 0.4) is 0 Å². The molecule has 13 heavy (non-hydrogen) atoms. The van der Waals surface area contributed by atoms with Crippen LogP contribution in [0.1, 0.15) is 18.7 Å². The van der Waals surface area contributed by atoms with Crippen LogP contribution in [0, 0.1) is 0 Å². The summed E-state index contributed by atoms with van der Waals surface area (Å²) in [5, 5.41) is 0. The standard InChI is InChI=1S/C9H8O3.Na.H/c1-7(10)12-9(11)8-5-3-2-4-6-8;;/h2-6H,1H3;;/q;+1;-1. The smallest absolute Gasteiger partial charge is 1.00 e. The average Bonchev–Trinajstić information content (AvgIpc) is 2.05. The fourth-order valence-electron chi connectivity index (χ4n) is 0.764. The zero-order valence-corrected chi connectivity index (χ0v) is 9.61. The molecule has 0 atom stereocenters. The van der Waals surface area contributed by atoms with Crippen LogP contribution < -0.4 is 29.6 Å². The summed E-state index contributed by atoms with van der Waals surface area (Å²) in [6.07, 6.45) is 0. The molecular formula is C9H9NaO3. The molecule has 64 valence electrons. The van der Waals surface area contributed by atoms with Gasteiger partial charge in [-0.05, 0) is 12.1 Å². The summed E-state index contributed by atoms with van der Waals surface area (Å²) < 4.78 is 4.36. The van der Waals surface area contributed by atoms with E-state index >= 15 is 0 Å². The van der Waals surface area contributed by atoms with E-state index in [4.69, 9.17) is 0 Å². The van der Waals surface area contributed by atoms with Crippen LogP contribution in [-0.2, 0) is 9.53 Å². The SMILES string of the molecule is CC(=O)OC(=O)c1ccccc1.[H-].[Na+]. The van der Waals surface area contributed by atoms with E-state index in [-0.39, 0.29) is 31.0 Å². The van der Waals surface area contributed by atoms with E-state index in [0.29, 0.717) is 5.56 Å². The van der Waals surface area contributed by atoms with Gasteiger partial charge in [-0.2, -0.15) is 0 Å². The van der Waals surface area contributed by atoms with E-state index < -0.39 is 11.9 Å². The van der Waals surface area contributed by atoms with E-state index in [1.165, 1.54) is 6.92 Å². The molecule has 1 aromatic carbocycles. The van der Waals surface area contributed by atoms with Crippen molar-refractivity contribution in [3.8, 4) is 0 Å². The van der Waals surface area contributed by atoms with Crippen LogP contribution in [0.2, 0.25) is 0 Å². The molecule has 0 unspecified atom stereocenters. The Bertz CT molecular complexity index is 300. The summed E-state index contributed by atoms with van der Waals surface area (Å²) >= 11 is 0. The van der Waals surface area contributed by atoms with Crippen molar-refractivity contribution in [3.63, 3.8) is 0 Å². The number of carbonyl (C=O) groups excluding carboxylic acids is 2. The molecule has 4 heteroatoms. The van der Waals surface area contributed by atoms with Crippen LogP contribution >= 0.6 is 0 Å². The van der Waals surface area contributed by atoms with Gasteiger partial charge in [-0.3, -0.25) is 4.79 Å². The molecule has 0 fully saturated rings. The second-order valence-electron chi connectivity index (χ2n) is 2.25. The average molecular weight is 188 g/mol. The maximum absolute atomic E-state index is 11.0. The number of carbonyl (C=O) groups is 2. The predicted octanol–water partition coefficient (Wildman–Crippen LogP) is -1.49. The molecule has 1 rings (SSSR count). The molecule has 0 saturated carbocycles. The van der Waals surface area contributed by atoms with Gasteiger partial charge in [0.15, 0.2) is 0 Å². The first-order valence-corrected chi connectivity index (χ1v) is 3.48. The Labute approximate surface area is 99.9 Å². The predicted molar refractivity (Wildman–Crippen MR) is 43.7 cm³/mol. The van der Waals surface area contributed by atoms with Crippen molar-refractivity contribution in [3.05, 3.63) is 35.9 Å². The quantitative estimate of drug-likeness (QED) is 0.306. The first-order valence-electron chi connectivity index (χ1n) is 3.48. The molecule has 0 heterocycles.